The first-order chi connectivity index (χ1) is 16.9. The van der Waals surface area contributed by atoms with E-state index in [1.807, 2.05) is 0 Å². The maximum atomic E-state index is 12.9. The SMILES string of the molecule is COc1cc(/C=N\N2C(=O)[C@@H]3[C@@H](C2=O)[C@H]2C=C[C@H]3CC2)cc(Br)c1OCc1ccc([N+](=O)[O-])cc1. The van der Waals surface area contributed by atoms with Gasteiger partial charge in [0.05, 0.1) is 34.6 Å². The predicted molar refractivity (Wildman–Crippen MR) is 130 cm³/mol. The average molecular weight is 540 g/mol. The van der Waals surface area contributed by atoms with E-state index in [1.165, 1.54) is 25.5 Å². The molecule has 4 aliphatic rings. The molecule has 2 aromatic rings. The minimum absolute atomic E-state index is 0.00860. The molecule has 3 aliphatic carbocycles. The van der Waals surface area contributed by atoms with Gasteiger partial charge in [0.25, 0.3) is 17.5 Å². The van der Waals surface area contributed by atoms with Crippen molar-refractivity contribution in [3.05, 3.63) is 74.3 Å². The Morgan fingerprint density at radius 3 is 2.29 bits per heavy atom. The van der Waals surface area contributed by atoms with E-state index in [4.69, 9.17) is 9.47 Å². The van der Waals surface area contributed by atoms with E-state index in [2.05, 4.69) is 33.2 Å². The van der Waals surface area contributed by atoms with Gasteiger partial charge in [0, 0.05) is 12.1 Å². The number of carbonyl (C=O) groups is 2. The number of methoxy groups -OCH3 is 1. The minimum atomic E-state index is -0.455. The minimum Gasteiger partial charge on any atom is -0.493 e. The summed E-state index contributed by atoms with van der Waals surface area (Å²) in [6, 6.07) is 9.54. The number of imide groups is 1. The number of allylic oxidation sites excluding steroid dienone is 2. The molecule has 1 aliphatic heterocycles. The maximum Gasteiger partial charge on any atom is 0.269 e. The summed E-state index contributed by atoms with van der Waals surface area (Å²) in [6.07, 6.45) is 7.49. The second kappa shape index (κ2) is 9.26. The normalized spacial score (nSPS) is 24.8. The Labute approximate surface area is 209 Å². The second-order valence-corrected chi connectivity index (χ2v) is 9.68. The van der Waals surface area contributed by atoms with E-state index in [0.29, 0.717) is 21.5 Å². The molecule has 10 heteroatoms. The second-order valence-electron chi connectivity index (χ2n) is 8.82. The number of nitro benzene ring substituents is 1. The van der Waals surface area contributed by atoms with Crippen LogP contribution < -0.4 is 9.47 Å². The quantitative estimate of drug-likeness (QED) is 0.168. The fourth-order valence-corrected chi connectivity index (χ4v) is 5.69. The molecule has 6 rings (SSSR count). The summed E-state index contributed by atoms with van der Waals surface area (Å²) in [6.45, 7) is 0.177. The number of benzene rings is 2. The third-order valence-electron chi connectivity index (χ3n) is 6.84. The zero-order valence-corrected chi connectivity index (χ0v) is 20.4. The standard InChI is InChI=1S/C25H22BrN3O6/c1-34-20-11-15(10-19(26)23(20)35-13-14-2-8-18(9-3-14)29(32)33)12-27-28-24(30)21-16-4-5-17(7-6-16)22(21)25(28)31/h2-5,8-12,16-17,21-22H,6-7,13H2,1H3/b27-12-/t16-,17-,21-,22-/m0/s1. The van der Waals surface area contributed by atoms with Gasteiger partial charge in [0.2, 0.25) is 0 Å². The molecule has 0 unspecified atom stereocenters. The van der Waals surface area contributed by atoms with Crippen molar-refractivity contribution >= 4 is 39.6 Å². The number of hydrogen-bond donors (Lipinski definition) is 0. The van der Waals surface area contributed by atoms with Gasteiger partial charge in [-0.1, -0.05) is 12.2 Å². The molecule has 180 valence electrons. The van der Waals surface area contributed by atoms with Gasteiger partial charge < -0.3 is 9.47 Å². The van der Waals surface area contributed by atoms with Crippen LogP contribution in [0.1, 0.15) is 24.0 Å². The largest absolute Gasteiger partial charge is 0.493 e. The molecule has 1 heterocycles. The molecule has 2 fully saturated rings. The average Bonchev–Trinajstić information content (AvgIpc) is 3.14. The fourth-order valence-electron chi connectivity index (χ4n) is 5.12. The molecule has 0 spiro atoms. The number of hydrazone groups is 1. The van der Waals surface area contributed by atoms with Crippen molar-refractivity contribution in [3.63, 3.8) is 0 Å². The van der Waals surface area contributed by atoms with Crippen LogP contribution in [0.25, 0.3) is 0 Å². The number of ether oxygens (including phenoxy) is 2. The molecular formula is C25H22BrN3O6. The summed E-state index contributed by atoms with van der Waals surface area (Å²) in [4.78, 5) is 36.3. The van der Waals surface area contributed by atoms with Crippen LogP contribution in [0, 0.1) is 33.8 Å². The van der Waals surface area contributed by atoms with Gasteiger partial charge in [-0.05, 0) is 76.0 Å². The Morgan fingerprint density at radius 2 is 1.74 bits per heavy atom. The fraction of sp³-hybridized carbons (Fsp3) is 0.320. The molecule has 4 atom stereocenters. The Kier molecular flexibility index (Phi) is 6.14. The van der Waals surface area contributed by atoms with Gasteiger partial charge in [0.1, 0.15) is 6.61 Å². The summed E-state index contributed by atoms with van der Waals surface area (Å²) < 4.78 is 12.0. The van der Waals surface area contributed by atoms with Gasteiger partial charge in [-0.2, -0.15) is 10.1 Å². The van der Waals surface area contributed by atoms with Crippen molar-refractivity contribution in [2.24, 2.45) is 28.8 Å². The van der Waals surface area contributed by atoms with E-state index >= 15 is 0 Å². The van der Waals surface area contributed by atoms with Crippen molar-refractivity contribution in [3.8, 4) is 11.5 Å². The summed E-state index contributed by atoms with van der Waals surface area (Å²) in [5.74, 6) is 0.0300. The molecule has 2 bridgehead atoms. The van der Waals surface area contributed by atoms with Crippen LogP contribution >= 0.6 is 15.9 Å². The Hall–Kier alpha value is -3.53. The van der Waals surface area contributed by atoms with Crippen LogP contribution in [0.15, 0.2) is 58.1 Å². The predicted octanol–water partition coefficient (Wildman–Crippen LogP) is 4.48. The molecule has 1 saturated carbocycles. The molecule has 9 nitrogen and oxygen atoms in total. The third-order valence-corrected chi connectivity index (χ3v) is 7.43. The number of nitrogens with zero attached hydrogens (tertiary/aromatic N) is 3. The monoisotopic (exact) mass is 539 g/mol. The zero-order chi connectivity index (χ0) is 24.7. The van der Waals surface area contributed by atoms with E-state index in [0.717, 1.165) is 23.4 Å². The van der Waals surface area contributed by atoms with Gasteiger partial charge in [-0.3, -0.25) is 19.7 Å². The summed E-state index contributed by atoms with van der Waals surface area (Å²) in [5.41, 5.74) is 1.38. The van der Waals surface area contributed by atoms with Crippen molar-refractivity contribution in [2.75, 3.05) is 7.11 Å². The molecule has 2 aromatic carbocycles. The van der Waals surface area contributed by atoms with E-state index in [-0.39, 0.29) is 47.8 Å². The van der Waals surface area contributed by atoms with Gasteiger partial charge in [0.15, 0.2) is 11.5 Å². The third kappa shape index (κ3) is 4.22. The zero-order valence-electron chi connectivity index (χ0n) is 18.8. The highest BCUT2D eigenvalue weighted by Crippen LogP contribution is 2.49. The molecule has 0 aromatic heterocycles. The van der Waals surface area contributed by atoms with E-state index in [9.17, 15) is 19.7 Å². The van der Waals surface area contributed by atoms with Crippen LogP contribution in [0.3, 0.4) is 0 Å². The Bertz CT molecular complexity index is 1230. The van der Waals surface area contributed by atoms with Crippen LogP contribution in [-0.2, 0) is 16.2 Å². The van der Waals surface area contributed by atoms with E-state index in [1.54, 1.807) is 24.3 Å². The number of halogens is 1. The van der Waals surface area contributed by atoms with Gasteiger partial charge in [-0.15, -0.1) is 0 Å². The number of carbonyl (C=O) groups excluding carboxylic acids is 2. The van der Waals surface area contributed by atoms with Crippen LogP contribution in [0.5, 0.6) is 11.5 Å². The molecule has 1 saturated heterocycles. The molecule has 0 N–H and O–H groups in total. The molecule has 2 amide bonds. The first kappa shape index (κ1) is 23.2. The van der Waals surface area contributed by atoms with Crippen molar-refractivity contribution in [1.29, 1.82) is 0 Å². The lowest BCUT2D eigenvalue weighted by Crippen LogP contribution is -2.38. The van der Waals surface area contributed by atoms with Crippen LogP contribution in [0.4, 0.5) is 5.69 Å². The Morgan fingerprint density at radius 1 is 1.11 bits per heavy atom. The van der Waals surface area contributed by atoms with Crippen LogP contribution in [-0.4, -0.2) is 35.1 Å². The number of hydrogen-bond acceptors (Lipinski definition) is 7. The van der Waals surface area contributed by atoms with E-state index < -0.39 is 4.92 Å². The smallest absolute Gasteiger partial charge is 0.269 e. The number of nitro groups is 1. The highest BCUT2D eigenvalue weighted by molar-refractivity contribution is 9.10. The highest BCUT2D eigenvalue weighted by Gasteiger charge is 2.56. The van der Waals surface area contributed by atoms with Crippen molar-refractivity contribution in [2.45, 2.75) is 19.4 Å². The number of rotatable bonds is 7. The maximum absolute atomic E-state index is 12.9. The number of non-ortho nitro benzene ring substituents is 1. The van der Waals surface area contributed by atoms with Crippen molar-refractivity contribution < 1.29 is 24.0 Å². The summed E-state index contributed by atoms with van der Waals surface area (Å²) in [5, 5.41) is 16.1. The summed E-state index contributed by atoms with van der Waals surface area (Å²) >= 11 is 3.48. The molecular weight excluding hydrogens is 518 g/mol. The number of amides is 2. The molecule has 0 radical (unpaired) electrons. The van der Waals surface area contributed by atoms with Crippen molar-refractivity contribution in [1.82, 2.24) is 5.01 Å². The summed E-state index contributed by atoms with van der Waals surface area (Å²) in [7, 11) is 1.50. The Balaban J connectivity index is 1.31. The number of fused-ring (bicyclic) bond motifs is 1. The van der Waals surface area contributed by atoms with Gasteiger partial charge >= 0.3 is 0 Å². The first-order valence-corrected chi connectivity index (χ1v) is 12.0. The van der Waals surface area contributed by atoms with Gasteiger partial charge in [-0.25, -0.2) is 0 Å². The highest BCUT2D eigenvalue weighted by atomic mass is 79.9. The first-order valence-electron chi connectivity index (χ1n) is 11.2. The topological polar surface area (TPSA) is 111 Å². The lowest BCUT2D eigenvalue weighted by molar-refractivity contribution is -0.384. The molecule has 35 heavy (non-hydrogen) atoms. The lowest BCUT2D eigenvalue weighted by atomic mass is 9.63. The van der Waals surface area contributed by atoms with Crippen LogP contribution in [0.2, 0.25) is 0 Å². The lowest BCUT2D eigenvalue weighted by Gasteiger charge is -2.37.